The van der Waals surface area contributed by atoms with Crippen molar-refractivity contribution in [1.29, 1.82) is 0 Å². The standard InChI is InChI=1S/C22H24N4O4S2/c1-15-14-16(2)24-22(23-15)31-18-8-6-17(7-9-18)25-21(27)19-10-11-20(30-19)32(28,29)26-12-4-3-5-13-26/h6-11,14H,3-5,12-13H2,1-2H3,(H,25,27). The molecule has 1 amide bonds. The third kappa shape index (κ3) is 5.20. The van der Waals surface area contributed by atoms with Gasteiger partial charge in [0.2, 0.25) is 5.09 Å². The van der Waals surface area contributed by atoms with Gasteiger partial charge in [-0.15, -0.1) is 0 Å². The van der Waals surface area contributed by atoms with Crippen molar-refractivity contribution in [2.24, 2.45) is 0 Å². The summed E-state index contributed by atoms with van der Waals surface area (Å²) in [6, 6.07) is 11.9. The van der Waals surface area contributed by atoms with Crippen LogP contribution in [0.1, 0.15) is 41.2 Å². The molecule has 4 rings (SSSR count). The zero-order valence-electron chi connectivity index (χ0n) is 17.9. The lowest BCUT2D eigenvalue weighted by Gasteiger charge is -2.24. The highest BCUT2D eigenvalue weighted by Crippen LogP contribution is 2.27. The Morgan fingerprint density at radius 3 is 2.31 bits per heavy atom. The predicted molar refractivity (Wildman–Crippen MR) is 121 cm³/mol. The predicted octanol–water partition coefficient (Wildman–Crippen LogP) is 4.26. The summed E-state index contributed by atoms with van der Waals surface area (Å²) in [4.78, 5) is 22.3. The van der Waals surface area contributed by atoms with Gasteiger partial charge in [-0.05, 0) is 80.9 Å². The Bertz CT molecular complexity index is 1200. The highest BCUT2D eigenvalue weighted by molar-refractivity contribution is 7.99. The molecule has 3 aromatic rings. The van der Waals surface area contributed by atoms with E-state index in [0.29, 0.717) is 23.9 Å². The fraction of sp³-hybridized carbons (Fsp3) is 0.318. The van der Waals surface area contributed by atoms with Crippen molar-refractivity contribution in [3.05, 3.63) is 59.6 Å². The number of hydrogen-bond donors (Lipinski definition) is 1. The van der Waals surface area contributed by atoms with Crippen LogP contribution in [-0.2, 0) is 10.0 Å². The Kier molecular flexibility index (Phi) is 6.63. The van der Waals surface area contributed by atoms with E-state index in [4.69, 9.17) is 4.42 Å². The van der Waals surface area contributed by atoms with Crippen LogP contribution in [0.15, 0.2) is 62.0 Å². The summed E-state index contributed by atoms with van der Waals surface area (Å²) in [5, 5.41) is 3.19. The van der Waals surface area contributed by atoms with Gasteiger partial charge in [0.05, 0.1) is 0 Å². The van der Waals surface area contributed by atoms with E-state index < -0.39 is 15.9 Å². The third-order valence-electron chi connectivity index (χ3n) is 5.00. The molecule has 0 atom stereocenters. The maximum Gasteiger partial charge on any atom is 0.291 e. The van der Waals surface area contributed by atoms with Gasteiger partial charge in [-0.3, -0.25) is 4.79 Å². The molecule has 1 aromatic carbocycles. The van der Waals surface area contributed by atoms with Crippen LogP contribution in [0, 0.1) is 13.8 Å². The summed E-state index contributed by atoms with van der Waals surface area (Å²) in [6.45, 7) is 4.80. The summed E-state index contributed by atoms with van der Waals surface area (Å²) in [7, 11) is -3.72. The van der Waals surface area contributed by atoms with Crippen molar-refractivity contribution in [2.45, 2.75) is 48.3 Å². The van der Waals surface area contributed by atoms with E-state index >= 15 is 0 Å². The highest BCUT2D eigenvalue weighted by Gasteiger charge is 2.29. The number of anilines is 1. The number of aromatic nitrogens is 2. The van der Waals surface area contributed by atoms with E-state index in [2.05, 4.69) is 15.3 Å². The Morgan fingerprint density at radius 2 is 1.66 bits per heavy atom. The van der Waals surface area contributed by atoms with Gasteiger partial charge in [-0.1, -0.05) is 6.42 Å². The Labute approximate surface area is 191 Å². The van der Waals surface area contributed by atoms with Crippen LogP contribution < -0.4 is 5.32 Å². The zero-order valence-corrected chi connectivity index (χ0v) is 19.5. The molecule has 0 saturated carbocycles. The first-order valence-electron chi connectivity index (χ1n) is 10.3. The second kappa shape index (κ2) is 9.43. The second-order valence-corrected chi connectivity index (χ2v) is 10.5. The van der Waals surface area contributed by atoms with Crippen LogP contribution in [0.5, 0.6) is 0 Å². The molecule has 0 radical (unpaired) electrons. The molecule has 0 unspecified atom stereocenters. The first-order valence-corrected chi connectivity index (χ1v) is 12.6. The van der Waals surface area contributed by atoms with Crippen molar-refractivity contribution < 1.29 is 17.6 Å². The van der Waals surface area contributed by atoms with E-state index in [-0.39, 0.29) is 10.9 Å². The number of nitrogens with one attached hydrogen (secondary N) is 1. The lowest BCUT2D eigenvalue weighted by Crippen LogP contribution is -2.35. The van der Waals surface area contributed by atoms with Crippen LogP contribution in [-0.4, -0.2) is 41.7 Å². The van der Waals surface area contributed by atoms with Gasteiger partial charge in [0.1, 0.15) is 0 Å². The first kappa shape index (κ1) is 22.5. The lowest BCUT2D eigenvalue weighted by atomic mass is 10.2. The van der Waals surface area contributed by atoms with Crippen LogP contribution in [0.4, 0.5) is 5.69 Å². The molecule has 0 aliphatic carbocycles. The molecule has 1 saturated heterocycles. The van der Waals surface area contributed by atoms with Gasteiger partial charge in [0, 0.05) is 35.1 Å². The van der Waals surface area contributed by atoms with Gasteiger partial charge >= 0.3 is 0 Å². The quantitative estimate of drug-likeness (QED) is 0.534. The lowest BCUT2D eigenvalue weighted by molar-refractivity contribution is 0.0991. The highest BCUT2D eigenvalue weighted by atomic mass is 32.2. The molecule has 1 aliphatic heterocycles. The second-order valence-electron chi connectivity index (χ2n) is 7.60. The normalized spacial score (nSPS) is 14.9. The Balaban J connectivity index is 1.41. The van der Waals surface area contributed by atoms with Crippen molar-refractivity contribution in [1.82, 2.24) is 14.3 Å². The van der Waals surface area contributed by atoms with E-state index in [0.717, 1.165) is 35.5 Å². The number of furan rings is 1. The van der Waals surface area contributed by atoms with Crippen molar-refractivity contribution in [3.63, 3.8) is 0 Å². The number of carbonyl (C=O) groups excluding carboxylic acids is 1. The molecule has 1 fully saturated rings. The number of carbonyl (C=O) groups is 1. The number of sulfonamides is 1. The van der Waals surface area contributed by atoms with Crippen LogP contribution in [0.25, 0.3) is 0 Å². The molecule has 3 heterocycles. The van der Waals surface area contributed by atoms with Gasteiger partial charge in [-0.25, -0.2) is 18.4 Å². The number of nitrogens with zero attached hydrogens (tertiary/aromatic N) is 3. The average molecular weight is 473 g/mol. The van der Waals surface area contributed by atoms with Crippen LogP contribution >= 0.6 is 11.8 Å². The number of aryl methyl sites for hydroxylation is 2. The fourth-order valence-electron chi connectivity index (χ4n) is 3.46. The molecule has 2 aromatic heterocycles. The molecule has 32 heavy (non-hydrogen) atoms. The largest absolute Gasteiger partial charge is 0.438 e. The minimum absolute atomic E-state index is 0.0531. The molecule has 168 valence electrons. The zero-order chi connectivity index (χ0) is 22.7. The fourth-order valence-corrected chi connectivity index (χ4v) is 5.75. The number of piperidine rings is 1. The summed E-state index contributed by atoms with van der Waals surface area (Å²) < 4.78 is 32.2. The summed E-state index contributed by atoms with van der Waals surface area (Å²) >= 11 is 1.43. The SMILES string of the molecule is Cc1cc(C)nc(Sc2ccc(NC(=O)c3ccc(S(=O)(=O)N4CCCCC4)o3)cc2)n1. The van der Waals surface area contributed by atoms with Crippen molar-refractivity contribution in [2.75, 3.05) is 18.4 Å². The maximum absolute atomic E-state index is 12.7. The number of rotatable bonds is 6. The summed E-state index contributed by atoms with van der Waals surface area (Å²) in [6.07, 6.45) is 2.68. The molecule has 1 N–H and O–H groups in total. The third-order valence-corrected chi connectivity index (χ3v) is 7.64. The molecule has 8 nitrogen and oxygen atoms in total. The minimum atomic E-state index is -3.72. The molecule has 1 aliphatic rings. The van der Waals surface area contributed by atoms with Crippen molar-refractivity contribution >= 4 is 33.4 Å². The summed E-state index contributed by atoms with van der Waals surface area (Å²) in [5.41, 5.74) is 2.38. The van der Waals surface area contributed by atoms with Gasteiger partial charge in [0.15, 0.2) is 10.9 Å². The van der Waals surface area contributed by atoms with E-state index in [1.54, 1.807) is 12.1 Å². The molecular formula is C22H24N4O4S2. The molecule has 0 spiro atoms. The van der Waals surface area contributed by atoms with E-state index in [1.807, 2.05) is 32.0 Å². The first-order chi connectivity index (χ1) is 15.3. The van der Waals surface area contributed by atoms with Gasteiger partial charge in [0.25, 0.3) is 15.9 Å². The van der Waals surface area contributed by atoms with Gasteiger partial charge in [-0.2, -0.15) is 4.31 Å². The summed E-state index contributed by atoms with van der Waals surface area (Å²) in [5.74, 6) is -0.564. The minimum Gasteiger partial charge on any atom is -0.438 e. The average Bonchev–Trinajstić information content (AvgIpc) is 3.26. The topological polar surface area (TPSA) is 105 Å². The number of benzene rings is 1. The van der Waals surface area contributed by atoms with Gasteiger partial charge < -0.3 is 9.73 Å². The maximum atomic E-state index is 12.7. The van der Waals surface area contributed by atoms with Crippen molar-refractivity contribution in [3.8, 4) is 0 Å². The smallest absolute Gasteiger partial charge is 0.291 e. The number of amides is 1. The Morgan fingerprint density at radius 1 is 1.00 bits per heavy atom. The monoisotopic (exact) mass is 472 g/mol. The van der Waals surface area contributed by atoms with Crippen LogP contribution in [0.3, 0.4) is 0 Å². The molecule has 0 bridgehead atoms. The van der Waals surface area contributed by atoms with Crippen LogP contribution in [0.2, 0.25) is 0 Å². The Hall–Kier alpha value is -2.69. The van der Waals surface area contributed by atoms with E-state index in [9.17, 15) is 13.2 Å². The number of hydrogen-bond acceptors (Lipinski definition) is 7. The molecular weight excluding hydrogens is 448 g/mol. The van der Waals surface area contributed by atoms with E-state index in [1.165, 1.54) is 28.2 Å². The molecule has 10 heteroatoms.